The molecule has 1 aliphatic rings. The van der Waals surface area contributed by atoms with Gasteiger partial charge in [-0.15, -0.1) is 0 Å². The highest BCUT2D eigenvalue weighted by atomic mass is 35.5. The van der Waals surface area contributed by atoms with E-state index >= 15 is 0 Å². The maximum Gasteiger partial charge on any atom is 0.287 e. The number of halogens is 2. The number of fused-ring (bicyclic) bond motifs is 1. The molecule has 0 aliphatic heterocycles. The SMILES string of the molecule is O=C(CO)NC1CCC(CCOc2c(F)ccc3nc(C(=O)NCc4cccc(Cl)c4)[nH]c(=O)c23)C1. The summed E-state index contributed by atoms with van der Waals surface area (Å²) in [6.07, 6.45) is 3.01. The van der Waals surface area contributed by atoms with Crippen LogP contribution in [0.25, 0.3) is 10.9 Å². The molecule has 2 amide bonds. The van der Waals surface area contributed by atoms with Crippen LogP contribution < -0.4 is 20.9 Å². The van der Waals surface area contributed by atoms with E-state index < -0.39 is 29.8 Å². The van der Waals surface area contributed by atoms with E-state index in [9.17, 15) is 18.8 Å². The molecule has 2 aromatic carbocycles. The van der Waals surface area contributed by atoms with Gasteiger partial charge >= 0.3 is 0 Å². The molecule has 4 N–H and O–H groups in total. The Hall–Kier alpha value is -3.50. The van der Waals surface area contributed by atoms with Crippen LogP contribution in [0.1, 0.15) is 41.9 Å². The maximum atomic E-state index is 14.6. The third-order valence-electron chi connectivity index (χ3n) is 6.16. The Morgan fingerprint density at radius 2 is 2.08 bits per heavy atom. The average molecular weight is 517 g/mol. The van der Waals surface area contributed by atoms with Gasteiger partial charge in [0, 0.05) is 17.6 Å². The number of hydrogen-bond acceptors (Lipinski definition) is 6. The lowest BCUT2D eigenvalue weighted by atomic mass is 10.0. The first-order valence-corrected chi connectivity index (χ1v) is 12.0. The fraction of sp³-hybridized carbons (Fsp3) is 0.360. The first-order chi connectivity index (χ1) is 17.3. The zero-order chi connectivity index (χ0) is 25.7. The Balaban J connectivity index is 1.41. The van der Waals surface area contributed by atoms with Crippen molar-refractivity contribution in [2.24, 2.45) is 5.92 Å². The van der Waals surface area contributed by atoms with Crippen molar-refractivity contribution in [2.45, 2.75) is 38.3 Å². The largest absolute Gasteiger partial charge is 0.490 e. The Kier molecular flexibility index (Phi) is 8.17. The predicted octanol–water partition coefficient (Wildman–Crippen LogP) is 2.69. The van der Waals surface area contributed by atoms with Gasteiger partial charge in [0.05, 0.1) is 12.1 Å². The van der Waals surface area contributed by atoms with Gasteiger partial charge in [-0.2, -0.15) is 0 Å². The van der Waals surface area contributed by atoms with Gasteiger partial charge in [0.25, 0.3) is 11.5 Å². The third-order valence-corrected chi connectivity index (χ3v) is 6.39. The Bertz CT molecular complexity index is 1330. The molecule has 4 rings (SSSR count). The van der Waals surface area contributed by atoms with Crippen molar-refractivity contribution in [3.05, 3.63) is 69.0 Å². The molecular weight excluding hydrogens is 491 g/mol. The van der Waals surface area contributed by atoms with Gasteiger partial charge in [-0.3, -0.25) is 14.4 Å². The fourth-order valence-electron chi connectivity index (χ4n) is 4.41. The third kappa shape index (κ3) is 6.19. The first-order valence-electron chi connectivity index (χ1n) is 11.6. The Morgan fingerprint density at radius 1 is 1.25 bits per heavy atom. The fourth-order valence-corrected chi connectivity index (χ4v) is 4.62. The molecule has 3 aromatic rings. The Morgan fingerprint density at radius 3 is 2.86 bits per heavy atom. The van der Waals surface area contributed by atoms with Crippen LogP contribution in [0.5, 0.6) is 5.75 Å². The van der Waals surface area contributed by atoms with E-state index in [0.717, 1.165) is 30.9 Å². The molecule has 36 heavy (non-hydrogen) atoms. The second kappa shape index (κ2) is 11.5. The number of aromatic amines is 1. The minimum Gasteiger partial charge on any atom is -0.490 e. The van der Waals surface area contributed by atoms with Gasteiger partial charge in [-0.1, -0.05) is 23.7 Å². The van der Waals surface area contributed by atoms with Crippen LogP contribution in [0.2, 0.25) is 5.02 Å². The number of H-pyrrole nitrogens is 1. The van der Waals surface area contributed by atoms with Crippen molar-refractivity contribution in [2.75, 3.05) is 13.2 Å². The lowest BCUT2D eigenvalue weighted by Crippen LogP contribution is -2.34. The van der Waals surface area contributed by atoms with Gasteiger partial charge < -0.3 is 25.5 Å². The van der Waals surface area contributed by atoms with Crippen LogP contribution in [0.15, 0.2) is 41.2 Å². The average Bonchev–Trinajstić information content (AvgIpc) is 3.30. The molecule has 11 heteroatoms. The highest BCUT2D eigenvalue weighted by molar-refractivity contribution is 6.30. The molecule has 1 saturated carbocycles. The number of ether oxygens (including phenoxy) is 1. The predicted molar refractivity (Wildman–Crippen MR) is 131 cm³/mol. The number of carbonyl (C=O) groups is 2. The van der Waals surface area contributed by atoms with Crippen molar-refractivity contribution in [3.63, 3.8) is 0 Å². The minimum absolute atomic E-state index is 0.000527. The van der Waals surface area contributed by atoms with Crippen molar-refractivity contribution in [1.29, 1.82) is 0 Å². The molecule has 0 saturated heterocycles. The van der Waals surface area contributed by atoms with Gasteiger partial charge in [-0.25, -0.2) is 9.37 Å². The highest BCUT2D eigenvalue weighted by Crippen LogP contribution is 2.30. The van der Waals surface area contributed by atoms with E-state index in [1.165, 1.54) is 6.07 Å². The van der Waals surface area contributed by atoms with Gasteiger partial charge in [-0.05, 0) is 61.4 Å². The van der Waals surface area contributed by atoms with Gasteiger partial charge in [0.2, 0.25) is 5.91 Å². The zero-order valence-corrected chi connectivity index (χ0v) is 20.1. The number of aliphatic hydroxyl groups is 1. The molecule has 0 spiro atoms. The molecule has 1 fully saturated rings. The van der Waals surface area contributed by atoms with E-state index in [-0.39, 0.29) is 47.6 Å². The van der Waals surface area contributed by atoms with Crippen LogP contribution >= 0.6 is 11.6 Å². The summed E-state index contributed by atoms with van der Waals surface area (Å²) in [7, 11) is 0. The number of carbonyl (C=O) groups excluding carboxylic acids is 2. The number of nitrogens with one attached hydrogen (secondary N) is 3. The second-order valence-electron chi connectivity index (χ2n) is 8.74. The summed E-state index contributed by atoms with van der Waals surface area (Å²) in [6.45, 7) is -0.189. The minimum atomic E-state index is -0.701. The number of hydrogen-bond donors (Lipinski definition) is 4. The molecule has 1 heterocycles. The standard InChI is InChI=1S/C25H26ClFN4O5/c26-16-3-1-2-15(10-16)12-28-25(35)23-30-19-7-6-18(27)22(21(19)24(34)31-23)36-9-8-14-4-5-17(11-14)29-20(33)13-32/h1-3,6-7,10,14,17,32H,4-5,8-9,11-13H2,(H,28,35)(H,29,33)(H,30,31,34). The molecule has 1 aromatic heterocycles. The number of aromatic nitrogens is 2. The second-order valence-corrected chi connectivity index (χ2v) is 9.17. The number of benzene rings is 2. The van der Waals surface area contributed by atoms with Crippen molar-refractivity contribution in [3.8, 4) is 5.75 Å². The molecule has 0 radical (unpaired) electrons. The summed E-state index contributed by atoms with van der Waals surface area (Å²) >= 11 is 5.96. The van der Waals surface area contributed by atoms with Crippen LogP contribution in [0.4, 0.5) is 4.39 Å². The lowest BCUT2D eigenvalue weighted by Gasteiger charge is -2.14. The summed E-state index contributed by atoms with van der Waals surface area (Å²) in [5, 5.41) is 14.8. The van der Waals surface area contributed by atoms with Crippen LogP contribution in [0, 0.1) is 11.7 Å². The molecule has 2 unspecified atom stereocenters. The summed E-state index contributed by atoms with van der Waals surface area (Å²) in [6, 6.07) is 9.46. The normalized spacial score (nSPS) is 17.2. The molecule has 190 valence electrons. The number of nitrogens with zero attached hydrogens (tertiary/aromatic N) is 1. The first kappa shape index (κ1) is 25.6. The quantitative estimate of drug-likeness (QED) is 0.345. The van der Waals surface area contributed by atoms with Crippen molar-refractivity contribution in [1.82, 2.24) is 20.6 Å². The van der Waals surface area contributed by atoms with Crippen LogP contribution in [0.3, 0.4) is 0 Å². The Labute approximate surface area is 211 Å². The molecule has 0 bridgehead atoms. The summed E-state index contributed by atoms with van der Waals surface area (Å²) in [5.41, 5.74) is 0.229. The monoisotopic (exact) mass is 516 g/mol. The van der Waals surface area contributed by atoms with Crippen LogP contribution in [-0.2, 0) is 11.3 Å². The van der Waals surface area contributed by atoms with E-state index in [0.29, 0.717) is 11.4 Å². The highest BCUT2D eigenvalue weighted by Gasteiger charge is 2.26. The lowest BCUT2D eigenvalue weighted by molar-refractivity contribution is -0.124. The smallest absolute Gasteiger partial charge is 0.287 e. The van der Waals surface area contributed by atoms with Gasteiger partial charge in [0.15, 0.2) is 17.4 Å². The van der Waals surface area contributed by atoms with Gasteiger partial charge in [0.1, 0.15) is 12.0 Å². The molecule has 2 atom stereocenters. The van der Waals surface area contributed by atoms with Crippen molar-refractivity contribution >= 4 is 34.3 Å². The van der Waals surface area contributed by atoms with E-state index in [4.69, 9.17) is 21.4 Å². The number of rotatable bonds is 9. The van der Waals surface area contributed by atoms with Crippen LogP contribution in [-0.4, -0.2) is 46.1 Å². The van der Waals surface area contributed by atoms with E-state index in [2.05, 4.69) is 20.6 Å². The zero-order valence-electron chi connectivity index (χ0n) is 19.4. The number of amides is 2. The summed E-state index contributed by atoms with van der Waals surface area (Å²) < 4.78 is 20.2. The van der Waals surface area contributed by atoms with Crippen molar-refractivity contribution < 1.29 is 23.8 Å². The molecule has 1 aliphatic carbocycles. The maximum absolute atomic E-state index is 14.6. The summed E-state index contributed by atoms with van der Waals surface area (Å²) in [5.74, 6) is -1.85. The molecule has 9 nitrogen and oxygen atoms in total. The summed E-state index contributed by atoms with van der Waals surface area (Å²) in [4.78, 5) is 43.3. The molecular formula is C25H26ClFN4O5. The van der Waals surface area contributed by atoms with E-state index in [1.807, 2.05) is 0 Å². The number of aliphatic hydroxyl groups excluding tert-OH is 1. The topological polar surface area (TPSA) is 133 Å². The van der Waals surface area contributed by atoms with E-state index in [1.54, 1.807) is 24.3 Å².